The average molecular weight is 134 g/mol. The molecular formula is C7H18O2. The number of unbranched alkanes of at least 4 members (excludes halogenated alkanes) is 1. The van der Waals surface area contributed by atoms with Gasteiger partial charge in [-0.1, -0.05) is 14.9 Å². The Kier molecular flexibility index (Phi) is 27.6. The van der Waals surface area contributed by atoms with Gasteiger partial charge in [-0.25, -0.2) is 0 Å². The number of carbonyl (C=O) groups is 1. The van der Waals surface area contributed by atoms with Crippen LogP contribution in [0.25, 0.3) is 0 Å². The fourth-order valence-corrected chi connectivity index (χ4v) is 0.311. The van der Waals surface area contributed by atoms with E-state index in [1.54, 1.807) is 7.11 Å². The summed E-state index contributed by atoms with van der Waals surface area (Å²) < 4.78 is 4.69. The molecule has 0 saturated carbocycles. The molecule has 2 nitrogen and oxygen atoms in total. The van der Waals surface area contributed by atoms with E-state index in [-0.39, 0.29) is 14.9 Å². The maximum Gasteiger partial charge on any atom is 0.120 e. The summed E-state index contributed by atoms with van der Waals surface area (Å²) in [6, 6.07) is 0. The van der Waals surface area contributed by atoms with Crippen LogP contribution in [-0.2, 0) is 9.53 Å². The number of hydrogen-bond donors (Lipinski definition) is 0. The van der Waals surface area contributed by atoms with Gasteiger partial charge in [-0.2, -0.15) is 0 Å². The van der Waals surface area contributed by atoms with Crippen molar-refractivity contribution in [2.75, 3.05) is 13.7 Å². The monoisotopic (exact) mass is 134 g/mol. The van der Waals surface area contributed by atoms with Gasteiger partial charge in [0.2, 0.25) is 0 Å². The predicted molar refractivity (Wildman–Crippen MR) is 40.6 cm³/mol. The molecule has 0 aliphatic heterocycles. The first kappa shape index (κ1) is 15.9. The van der Waals surface area contributed by atoms with Gasteiger partial charge < -0.3 is 9.53 Å². The van der Waals surface area contributed by atoms with E-state index in [2.05, 4.69) is 4.74 Å². The quantitative estimate of drug-likeness (QED) is 0.433. The Hall–Kier alpha value is -0.370. The van der Waals surface area contributed by atoms with Crippen LogP contribution in [0.5, 0.6) is 0 Å². The Morgan fingerprint density at radius 3 is 2.33 bits per heavy atom. The van der Waals surface area contributed by atoms with Gasteiger partial charge in [0.15, 0.2) is 0 Å². The Labute approximate surface area is 58.2 Å². The molecule has 0 saturated heterocycles. The Balaban J connectivity index is -0.000000180. The standard InChI is InChI=1S/C5H10O2.2CH4/c1-7-5-3-2-4-6;;/h4H,2-3,5H2,1H3;2*1H4. The van der Waals surface area contributed by atoms with Gasteiger partial charge in [0.25, 0.3) is 0 Å². The van der Waals surface area contributed by atoms with Crippen molar-refractivity contribution in [3.63, 3.8) is 0 Å². The van der Waals surface area contributed by atoms with Crippen molar-refractivity contribution >= 4 is 6.29 Å². The highest BCUT2D eigenvalue weighted by atomic mass is 16.5. The summed E-state index contributed by atoms with van der Waals surface area (Å²) in [5.74, 6) is 0. The second kappa shape index (κ2) is 15.6. The zero-order chi connectivity index (χ0) is 5.54. The molecule has 0 aromatic heterocycles. The molecule has 0 unspecified atom stereocenters. The van der Waals surface area contributed by atoms with E-state index in [4.69, 9.17) is 0 Å². The van der Waals surface area contributed by atoms with Crippen molar-refractivity contribution in [2.45, 2.75) is 27.7 Å². The van der Waals surface area contributed by atoms with Gasteiger partial charge >= 0.3 is 0 Å². The van der Waals surface area contributed by atoms with Crippen LogP contribution in [0.3, 0.4) is 0 Å². The SMILES string of the molecule is C.C.COCCCC=O. The molecule has 0 rings (SSSR count). The fraction of sp³-hybridized carbons (Fsp3) is 0.857. The zero-order valence-corrected chi connectivity index (χ0v) is 4.52. The molecule has 0 N–H and O–H groups in total. The predicted octanol–water partition coefficient (Wildman–Crippen LogP) is 1.88. The molecule has 0 heterocycles. The number of hydrogen-bond acceptors (Lipinski definition) is 2. The average Bonchev–Trinajstić information content (AvgIpc) is 1.69. The molecule has 9 heavy (non-hydrogen) atoms. The minimum absolute atomic E-state index is 0. The first-order valence-electron chi connectivity index (χ1n) is 2.34. The summed E-state index contributed by atoms with van der Waals surface area (Å²) in [6.45, 7) is 0.693. The summed E-state index contributed by atoms with van der Waals surface area (Å²) in [5.41, 5.74) is 0. The molecule has 0 fully saturated rings. The summed E-state index contributed by atoms with van der Waals surface area (Å²) in [7, 11) is 1.63. The van der Waals surface area contributed by atoms with Crippen LogP contribution in [0, 0.1) is 0 Å². The van der Waals surface area contributed by atoms with Gasteiger partial charge in [-0.05, 0) is 6.42 Å². The van der Waals surface area contributed by atoms with Crippen LogP contribution in [0.1, 0.15) is 27.7 Å². The Morgan fingerprint density at radius 1 is 1.44 bits per heavy atom. The third-order valence-electron chi connectivity index (χ3n) is 0.670. The zero-order valence-electron chi connectivity index (χ0n) is 4.52. The first-order chi connectivity index (χ1) is 3.41. The van der Waals surface area contributed by atoms with E-state index in [1.165, 1.54) is 0 Å². The van der Waals surface area contributed by atoms with Crippen LogP contribution in [0.15, 0.2) is 0 Å². The summed E-state index contributed by atoms with van der Waals surface area (Å²) >= 11 is 0. The van der Waals surface area contributed by atoms with Gasteiger partial charge in [-0.3, -0.25) is 0 Å². The normalized spacial score (nSPS) is 6.78. The minimum atomic E-state index is 0. The lowest BCUT2D eigenvalue weighted by Crippen LogP contribution is -1.87. The lowest BCUT2D eigenvalue weighted by Gasteiger charge is -1.89. The molecule has 0 aliphatic rings. The molecular weight excluding hydrogens is 116 g/mol. The maximum absolute atomic E-state index is 9.62. The van der Waals surface area contributed by atoms with E-state index in [0.717, 1.165) is 12.7 Å². The number of carbonyl (C=O) groups excluding carboxylic acids is 1. The fourth-order valence-electron chi connectivity index (χ4n) is 0.311. The summed E-state index contributed by atoms with van der Waals surface area (Å²) in [6.07, 6.45) is 2.37. The van der Waals surface area contributed by atoms with Crippen molar-refractivity contribution in [3.8, 4) is 0 Å². The van der Waals surface area contributed by atoms with E-state index in [0.29, 0.717) is 13.0 Å². The second-order valence-electron chi connectivity index (χ2n) is 1.30. The van der Waals surface area contributed by atoms with Gasteiger partial charge in [0.05, 0.1) is 0 Å². The topological polar surface area (TPSA) is 26.3 Å². The molecule has 0 radical (unpaired) electrons. The van der Waals surface area contributed by atoms with Crippen molar-refractivity contribution in [1.82, 2.24) is 0 Å². The van der Waals surface area contributed by atoms with Gasteiger partial charge in [-0.15, -0.1) is 0 Å². The lowest BCUT2D eigenvalue weighted by atomic mass is 10.4. The van der Waals surface area contributed by atoms with Crippen molar-refractivity contribution in [2.24, 2.45) is 0 Å². The molecule has 0 aliphatic carbocycles. The van der Waals surface area contributed by atoms with Crippen LogP contribution >= 0.6 is 0 Å². The molecule has 0 bridgehead atoms. The number of rotatable bonds is 4. The van der Waals surface area contributed by atoms with E-state index < -0.39 is 0 Å². The number of aldehydes is 1. The van der Waals surface area contributed by atoms with Gasteiger partial charge in [0, 0.05) is 20.1 Å². The number of ether oxygens (including phenoxy) is 1. The summed E-state index contributed by atoms with van der Waals surface area (Å²) in [5, 5.41) is 0. The molecule has 0 spiro atoms. The van der Waals surface area contributed by atoms with Crippen molar-refractivity contribution in [1.29, 1.82) is 0 Å². The lowest BCUT2D eigenvalue weighted by molar-refractivity contribution is -0.108. The second-order valence-corrected chi connectivity index (χ2v) is 1.30. The van der Waals surface area contributed by atoms with Crippen molar-refractivity contribution in [3.05, 3.63) is 0 Å². The third kappa shape index (κ3) is 18.4. The molecule has 0 atom stereocenters. The van der Waals surface area contributed by atoms with E-state index in [1.807, 2.05) is 0 Å². The third-order valence-corrected chi connectivity index (χ3v) is 0.670. The molecule has 58 valence electrons. The molecule has 0 amide bonds. The molecule has 2 heteroatoms. The summed E-state index contributed by atoms with van der Waals surface area (Å²) in [4.78, 5) is 9.62. The molecule has 0 aromatic rings. The van der Waals surface area contributed by atoms with Crippen LogP contribution < -0.4 is 0 Å². The smallest absolute Gasteiger partial charge is 0.120 e. The molecule has 0 aromatic carbocycles. The van der Waals surface area contributed by atoms with Crippen molar-refractivity contribution < 1.29 is 9.53 Å². The van der Waals surface area contributed by atoms with Crippen LogP contribution in [-0.4, -0.2) is 20.0 Å². The van der Waals surface area contributed by atoms with Crippen LogP contribution in [0.4, 0.5) is 0 Å². The van der Waals surface area contributed by atoms with E-state index >= 15 is 0 Å². The highest BCUT2D eigenvalue weighted by Crippen LogP contribution is 1.81. The Morgan fingerprint density at radius 2 is 2.00 bits per heavy atom. The first-order valence-corrected chi connectivity index (χ1v) is 2.34. The van der Waals surface area contributed by atoms with Gasteiger partial charge in [0.1, 0.15) is 6.29 Å². The maximum atomic E-state index is 9.62. The number of methoxy groups -OCH3 is 1. The Bertz CT molecular complexity index is 44.2. The largest absolute Gasteiger partial charge is 0.385 e. The highest BCUT2D eigenvalue weighted by molar-refractivity contribution is 5.48. The minimum Gasteiger partial charge on any atom is -0.385 e. The van der Waals surface area contributed by atoms with Crippen LogP contribution in [0.2, 0.25) is 0 Å². The highest BCUT2D eigenvalue weighted by Gasteiger charge is 1.79. The van der Waals surface area contributed by atoms with E-state index in [9.17, 15) is 4.79 Å².